The van der Waals surface area contributed by atoms with Gasteiger partial charge in [0.25, 0.3) is 0 Å². The molecule has 2 N–H and O–H groups in total. The van der Waals surface area contributed by atoms with Crippen LogP contribution >= 0.6 is 11.3 Å². The Bertz CT molecular complexity index is 573. The zero-order chi connectivity index (χ0) is 17.0. The molecule has 1 fully saturated rings. The van der Waals surface area contributed by atoms with Gasteiger partial charge in [-0.25, -0.2) is 9.78 Å². The van der Waals surface area contributed by atoms with Crippen LogP contribution in [0.25, 0.3) is 0 Å². The van der Waals surface area contributed by atoms with E-state index in [0.29, 0.717) is 25.6 Å². The van der Waals surface area contributed by atoms with E-state index in [1.807, 2.05) is 33.9 Å². The second kappa shape index (κ2) is 7.16. The molecule has 1 aliphatic rings. The first kappa shape index (κ1) is 17.5. The number of carbonyl (C=O) groups excluding carboxylic acids is 1. The first-order chi connectivity index (χ1) is 10.8. The highest BCUT2D eigenvalue weighted by atomic mass is 32.1. The number of aryl methyl sites for hydroxylation is 1. The van der Waals surface area contributed by atoms with Crippen LogP contribution in [0.15, 0.2) is 11.2 Å². The van der Waals surface area contributed by atoms with Crippen LogP contribution in [0.3, 0.4) is 0 Å². The van der Waals surface area contributed by atoms with Crippen LogP contribution in [0, 0.1) is 6.92 Å². The number of likely N-dealkylation sites (tertiary alicyclic amines) is 1. The van der Waals surface area contributed by atoms with E-state index in [4.69, 9.17) is 4.74 Å². The third-order valence-corrected chi connectivity index (χ3v) is 4.09. The minimum Gasteiger partial charge on any atom is -0.444 e. The standard InChI is InChI=1S/C15H25N5O2S/c1-10-6-17-12(23-10)7-18-13(16-5)19-11-8-20(9-11)14(21)22-15(2,3)4/h6,11H,7-9H2,1-5H3,(H2,16,18,19). The largest absolute Gasteiger partial charge is 0.444 e. The molecule has 0 unspecified atom stereocenters. The lowest BCUT2D eigenvalue weighted by Crippen LogP contribution is -2.63. The first-order valence-electron chi connectivity index (χ1n) is 7.63. The molecule has 0 radical (unpaired) electrons. The molecule has 2 heterocycles. The van der Waals surface area contributed by atoms with Crippen LogP contribution < -0.4 is 10.6 Å². The summed E-state index contributed by atoms with van der Waals surface area (Å²) >= 11 is 1.66. The van der Waals surface area contributed by atoms with Crippen LogP contribution in [0.5, 0.6) is 0 Å². The summed E-state index contributed by atoms with van der Waals surface area (Å²) in [5.41, 5.74) is -0.459. The van der Waals surface area contributed by atoms with Crippen molar-refractivity contribution in [1.82, 2.24) is 20.5 Å². The number of carbonyl (C=O) groups is 1. The number of aromatic nitrogens is 1. The number of nitrogens with zero attached hydrogens (tertiary/aromatic N) is 3. The zero-order valence-electron chi connectivity index (χ0n) is 14.3. The quantitative estimate of drug-likeness (QED) is 0.648. The molecule has 0 saturated carbocycles. The molecule has 1 aromatic heterocycles. The second-order valence-corrected chi connectivity index (χ2v) is 7.84. The van der Waals surface area contributed by atoms with Crippen LogP contribution in [0.1, 0.15) is 30.7 Å². The van der Waals surface area contributed by atoms with E-state index in [0.717, 1.165) is 5.01 Å². The van der Waals surface area contributed by atoms with Gasteiger partial charge in [-0.15, -0.1) is 11.3 Å². The third kappa shape index (κ3) is 5.38. The molecule has 1 amide bonds. The molecule has 23 heavy (non-hydrogen) atoms. The lowest BCUT2D eigenvalue weighted by atomic mass is 10.1. The molecule has 8 heteroatoms. The number of ether oxygens (including phenoxy) is 1. The molecule has 2 rings (SSSR count). The molecule has 7 nitrogen and oxygen atoms in total. The number of hydrogen-bond acceptors (Lipinski definition) is 5. The maximum absolute atomic E-state index is 11.9. The Morgan fingerprint density at radius 2 is 2.22 bits per heavy atom. The van der Waals surface area contributed by atoms with Crippen molar-refractivity contribution in [3.05, 3.63) is 16.1 Å². The topological polar surface area (TPSA) is 78.9 Å². The maximum Gasteiger partial charge on any atom is 0.410 e. The van der Waals surface area contributed by atoms with Crippen molar-refractivity contribution in [3.63, 3.8) is 0 Å². The maximum atomic E-state index is 11.9. The van der Waals surface area contributed by atoms with Crippen molar-refractivity contribution in [2.75, 3.05) is 20.1 Å². The van der Waals surface area contributed by atoms with Gasteiger partial charge < -0.3 is 20.3 Å². The number of rotatable bonds is 3. The van der Waals surface area contributed by atoms with Crippen LogP contribution in [0.4, 0.5) is 4.79 Å². The molecule has 0 bridgehead atoms. The molecule has 0 atom stereocenters. The fraction of sp³-hybridized carbons (Fsp3) is 0.667. The first-order valence-corrected chi connectivity index (χ1v) is 8.45. The van der Waals surface area contributed by atoms with Gasteiger partial charge in [-0.05, 0) is 27.7 Å². The summed E-state index contributed by atoms with van der Waals surface area (Å²) in [7, 11) is 1.73. The van der Waals surface area contributed by atoms with Crippen LogP contribution in [-0.4, -0.2) is 53.7 Å². The van der Waals surface area contributed by atoms with Gasteiger partial charge in [0.15, 0.2) is 5.96 Å². The Balaban J connectivity index is 1.72. The summed E-state index contributed by atoms with van der Waals surface area (Å²) in [5.74, 6) is 0.715. The summed E-state index contributed by atoms with van der Waals surface area (Å²) in [6, 6.07) is 0.187. The van der Waals surface area contributed by atoms with Gasteiger partial charge >= 0.3 is 6.09 Å². The summed E-state index contributed by atoms with van der Waals surface area (Å²) in [4.78, 5) is 23.3. The van der Waals surface area contributed by atoms with Gasteiger partial charge in [-0.2, -0.15) is 0 Å². The molecule has 1 aliphatic heterocycles. The van der Waals surface area contributed by atoms with Crippen molar-refractivity contribution in [2.24, 2.45) is 4.99 Å². The summed E-state index contributed by atoms with van der Waals surface area (Å²) < 4.78 is 5.34. The number of hydrogen-bond donors (Lipinski definition) is 2. The molecule has 1 aromatic rings. The Kier molecular flexibility index (Phi) is 5.46. The lowest BCUT2D eigenvalue weighted by molar-refractivity contribution is 0.00701. The average Bonchev–Trinajstić information content (AvgIpc) is 2.80. The Morgan fingerprint density at radius 3 is 2.74 bits per heavy atom. The SMILES string of the molecule is CN=C(NCc1ncc(C)s1)NC1CN(C(=O)OC(C)(C)C)C1. The van der Waals surface area contributed by atoms with Gasteiger partial charge in [-0.3, -0.25) is 4.99 Å². The minimum absolute atomic E-state index is 0.187. The summed E-state index contributed by atoms with van der Waals surface area (Å²) in [5, 5.41) is 7.55. The van der Waals surface area contributed by atoms with Gasteiger partial charge in [0.05, 0.1) is 12.6 Å². The van der Waals surface area contributed by atoms with Crippen molar-refractivity contribution in [1.29, 1.82) is 0 Å². The summed E-state index contributed by atoms with van der Waals surface area (Å²) in [6.45, 7) is 9.51. The fourth-order valence-electron chi connectivity index (χ4n) is 2.08. The van der Waals surface area contributed by atoms with Gasteiger partial charge in [0.1, 0.15) is 10.6 Å². The third-order valence-electron chi connectivity index (χ3n) is 3.17. The molecule has 1 saturated heterocycles. The van der Waals surface area contributed by atoms with E-state index >= 15 is 0 Å². The van der Waals surface area contributed by atoms with Crippen molar-refractivity contribution in [2.45, 2.75) is 45.9 Å². The highest BCUT2D eigenvalue weighted by Crippen LogP contribution is 2.15. The number of thiazole rings is 1. The van der Waals surface area contributed by atoms with Gasteiger partial charge in [0.2, 0.25) is 0 Å². The highest BCUT2D eigenvalue weighted by molar-refractivity contribution is 7.11. The highest BCUT2D eigenvalue weighted by Gasteiger charge is 2.34. The zero-order valence-corrected chi connectivity index (χ0v) is 15.2. The molecular weight excluding hydrogens is 314 g/mol. The minimum atomic E-state index is -0.459. The number of nitrogens with one attached hydrogen (secondary N) is 2. The van der Waals surface area contributed by atoms with Gasteiger partial charge in [-0.1, -0.05) is 0 Å². The molecule has 128 valence electrons. The Labute approximate surface area is 141 Å². The molecular formula is C15H25N5O2S. The second-order valence-electron chi connectivity index (χ2n) is 6.52. The van der Waals surface area contributed by atoms with E-state index in [1.165, 1.54) is 4.88 Å². The molecule has 0 aliphatic carbocycles. The molecule has 0 aromatic carbocycles. The monoisotopic (exact) mass is 339 g/mol. The predicted octanol–water partition coefficient (Wildman–Crippen LogP) is 1.74. The number of amides is 1. The van der Waals surface area contributed by atoms with Crippen LogP contribution in [0.2, 0.25) is 0 Å². The van der Waals surface area contributed by atoms with Crippen LogP contribution in [-0.2, 0) is 11.3 Å². The van der Waals surface area contributed by atoms with Crippen molar-refractivity contribution in [3.8, 4) is 0 Å². The lowest BCUT2D eigenvalue weighted by Gasteiger charge is -2.40. The normalized spacial score (nSPS) is 16.0. The number of guanidine groups is 1. The average molecular weight is 339 g/mol. The van der Waals surface area contributed by atoms with E-state index in [9.17, 15) is 4.79 Å². The van der Waals surface area contributed by atoms with E-state index in [2.05, 4.69) is 20.6 Å². The smallest absolute Gasteiger partial charge is 0.410 e. The molecule has 0 spiro atoms. The van der Waals surface area contributed by atoms with Crippen molar-refractivity contribution < 1.29 is 9.53 Å². The predicted molar refractivity (Wildman–Crippen MR) is 91.8 cm³/mol. The van der Waals surface area contributed by atoms with E-state index in [1.54, 1.807) is 23.3 Å². The summed E-state index contributed by atoms with van der Waals surface area (Å²) in [6.07, 6.45) is 1.60. The van der Waals surface area contributed by atoms with E-state index < -0.39 is 5.60 Å². The number of aliphatic imine (C=N–C) groups is 1. The fourth-order valence-corrected chi connectivity index (χ4v) is 2.80. The Morgan fingerprint density at radius 1 is 1.52 bits per heavy atom. The van der Waals surface area contributed by atoms with Crippen molar-refractivity contribution >= 4 is 23.4 Å². The van der Waals surface area contributed by atoms with E-state index in [-0.39, 0.29) is 12.1 Å². The Hall–Kier alpha value is -1.83. The van der Waals surface area contributed by atoms with Gasteiger partial charge in [0, 0.05) is 31.2 Å².